The number of carbonyl (C=O) groups is 1. The normalized spacial score (nSPS) is 9.58. The van der Waals surface area contributed by atoms with Crippen molar-refractivity contribution in [2.75, 3.05) is 31.9 Å². The second kappa shape index (κ2) is 9.47. The first-order valence-corrected chi connectivity index (χ1v) is 5.89. The number of nitrogen functional groups attached to an aromatic ring is 1. The maximum atomic E-state index is 11.6. The van der Waals surface area contributed by atoms with Crippen LogP contribution in [0.1, 0.15) is 19.3 Å². The van der Waals surface area contributed by atoms with E-state index in [2.05, 4.69) is 5.32 Å². The van der Waals surface area contributed by atoms with Crippen LogP contribution in [0.4, 0.5) is 11.4 Å². The number of unbranched alkanes of at least 4 members (excludes halogenated alkanes) is 1. The summed E-state index contributed by atoms with van der Waals surface area (Å²) >= 11 is 0. The van der Waals surface area contributed by atoms with Crippen molar-refractivity contribution in [3.05, 3.63) is 18.2 Å². The van der Waals surface area contributed by atoms with E-state index in [-0.39, 0.29) is 18.3 Å². The molecule has 0 aromatic heterocycles. The maximum absolute atomic E-state index is 11.6. The van der Waals surface area contributed by atoms with Gasteiger partial charge in [0.25, 0.3) is 0 Å². The number of anilines is 2. The van der Waals surface area contributed by atoms with E-state index in [4.69, 9.17) is 15.2 Å². The molecule has 0 unspecified atom stereocenters. The summed E-state index contributed by atoms with van der Waals surface area (Å²) in [5.41, 5.74) is 6.95. The highest BCUT2D eigenvalue weighted by Crippen LogP contribution is 2.24. The Morgan fingerprint density at radius 3 is 2.63 bits per heavy atom. The molecule has 108 valence electrons. The van der Waals surface area contributed by atoms with Crippen molar-refractivity contribution in [2.24, 2.45) is 0 Å². The summed E-state index contributed by atoms with van der Waals surface area (Å²) in [6.45, 7) is 0.683. The Balaban J connectivity index is 0.00000324. The Morgan fingerprint density at radius 1 is 1.32 bits per heavy atom. The van der Waals surface area contributed by atoms with Crippen molar-refractivity contribution in [3.8, 4) is 5.75 Å². The fraction of sp³-hybridized carbons (Fsp3) is 0.462. The average Bonchev–Trinajstić information content (AvgIpc) is 2.35. The van der Waals surface area contributed by atoms with Gasteiger partial charge >= 0.3 is 0 Å². The van der Waals surface area contributed by atoms with Gasteiger partial charge in [-0.2, -0.15) is 0 Å². The third-order valence-electron chi connectivity index (χ3n) is 2.52. The van der Waals surface area contributed by atoms with Gasteiger partial charge in [0.15, 0.2) is 0 Å². The van der Waals surface area contributed by atoms with E-state index in [9.17, 15) is 4.79 Å². The molecule has 6 heteroatoms. The Morgan fingerprint density at radius 2 is 2.05 bits per heavy atom. The summed E-state index contributed by atoms with van der Waals surface area (Å²) in [4.78, 5) is 11.6. The van der Waals surface area contributed by atoms with E-state index < -0.39 is 0 Å². The number of hydrogen-bond acceptors (Lipinski definition) is 4. The average molecular weight is 289 g/mol. The number of benzene rings is 1. The molecule has 0 radical (unpaired) electrons. The molecule has 0 saturated heterocycles. The number of hydrogen-bond donors (Lipinski definition) is 2. The molecule has 1 rings (SSSR count). The topological polar surface area (TPSA) is 73.6 Å². The number of methoxy groups -OCH3 is 2. The van der Waals surface area contributed by atoms with Gasteiger partial charge in [-0.05, 0) is 31.0 Å². The van der Waals surface area contributed by atoms with Crippen molar-refractivity contribution >= 4 is 29.7 Å². The van der Waals surface area contributed by atoms with Crippen LogP contribution < -0.4 is 15.8 Å². The lowest BCUT2D eigenvalue weighted by molar-refractivity contribution is -0.116. The van der Waals surface area contributed by atoms with Gasteiger partial charge in [-0.3, -0.25) is 4.79 Å². The zero-order chi connectivity index (χ0) is 13.4. The molecule has 0 fully saturated rings. The fourth-order valence-electron chi connectivity index (χ4n) is 1.57. The molecule has 1 amide bonds. The summed E-state index contributed by atoms with van der Waals surface area (Å²) in [5, 5.41) is 2.80. The van der Waals surface area contributed by atoms with Gasteiger partial charge in [-0.1, -0.05) is 0 Å². The minimum atomic E-state index is -0.0179. The summed E-state index contributed by atoms with van der Waals surface area (Å²) in [6.07, 6.45) is 2.18. The van der Waals surface area contributed by atoms with Crippen molar-refractivity contribution in [3.63, 3.8) is 0 Å². The second-order valence-corrected chi connectivity index (χ2v) is 3.95. The lowest BCUT2D eigenvalue weighted by Crippen LogP contribution is -2.11. The van der Waals surface area contributed by atoms with Crippen molar-refractivity contribution < 1.29 is 14.3 Å². The largest absolute Gasteiger partial charge is 0.495 e. The molecule has 0 spiro atoms. The first-order valence-electron chi connectivity index (χ1n) is 5.89. The third-order valence-corrected chi connectivity index (χ3v) is 2.52. The first-order chi connectivity index (χ1) is 8.67. The van der Waals surface area contributed by atoms with Crippen molar-refractivity contribution in [1.29, 1.82) is 0 Å². The van der Waals surface area contributed by atoms with Gasteiger partial charge < -0.3 is 20.5 Å². The predicted molar refractivity (Wildman–Crippen MR) is 79.0 cm³/mol. The molecule has 19 heavy (non-hydrogen) atoms. The fourth-order valence-corrected chi connectivity index (χ4v) is 1.57. The summed E-state index contributed by atoms with van der Waals surface area (Å²) in [6, 6.07) is 5.18. The van der Waals surface area contributed by atoms with Crippen LogP contribution in [0.5, 0.6) is 5.75 Å². The molecule has 1 aromatic carbocycles. The van der Waals surface area contributed by atoms with Crippen LogP contribution in [0.25, 0.3) is 0 Å². The highest BCUT2D eigenvalue weighted by atomic mass is 35.5. The number of nitrogens with two attached hydrogens (primary N) is 1. The molecule has 1 aromatic rings. The second-order valence-electron chi connectivity index (χ2n) is 3.95. The van der Waals surface area contributed by atoms with Crippen LogP contribution in [0, 0.1) is 0 Å². The number of carbonyl (C=O) groups excluding carboxylic acids is 1. The zero-order valence-corrected chi connectivity index (χ0v) is 12.1. The van der Waals surface area contributed by atoms with Crippen LogP contribution in [0.15, 0.2) is 18.2 Å². The summed E-state index contributed by atoms with van der Waals surface area (Å²) in [7, 11) is 3.21. The number of halogens is 1. The smallest absolute Gasteiger partial charge is 0.224 e. The molecule has 5 nitrogen and oxygen atoms in total. The lowest BCUT2D eigenvalue weighted by atomic mass is 10.2. The Labute approximate surface area is 119 Å². The zero-order valence-electron chi connectivity index (χ0n) is 11.3. The van der Waals surface area contributed by atoms with Crippen molar-refractivity contribution in [2.45, 2.75) is 19.3 Å². The molecule has 0 aliphatic carbocycles. The SMILES string of the molecule is COCCCCC(=O)Nc1ccc(OC)c(N)c1.Cl. The van der Waals surface area contributed by atoms with E-state index in [1.807, 2.05) is 0 Å². The van der Waals surface area contributed by atoms with E-state index >= 15 is 0 Å². The highest BCUT2D eigenvalue weighted by molar-refractivity contribution is 5.91. The molecular formula is C13H21ClN2O3. The Kier molecular flexibility index (Phi) is 8.74. The maximum Gasteiger partial charge on any atom is 0.224 e. The molecule has 0 atom stereocenters. The molecule has 0 heterocycles. The number of amides is 1. The quantitative estimate of drug-likeness (QED) is 0.597. The third kappa shape index (κ3) is 6.31. The molecule has 0 aliphatic rings. The van der Waals surface area contributed by atoms with Gasteiger partial charge in [0.05, 0.1) is 12.8 Å². The minimum absolute atomic E-state index is 0. The molecular weight excluding hydrogens is 268 g/mol. The first kappa shape index (κ1) is 17.5. The lowest BCUT2D eigenvalue weighted by Gasteiger charge is -2.08. The summed E-state index contributed by atoms with van der Waals surface area (Å²) < 4.78 is 9.97. The minimum Gasteiger partial charge on any atom is -0.495 e. The van der Waals surface area contributed by atoms with E-state index in [1.165, 1.54) is 0 Å². The van der Waals surface area contributed by atoms with Crippen molar-refractivity contribution in [1.82, 2.24) is 0 Å². The van der Waals surface area contributed by atoms with Crippen LogP contribution in [-0.4, -0.2) is 26.7 Å². The highest BCUT2D eigenvalue weighted by Gasteiger charge is 2.04. The van der Waals surface area contributed by atoms with Gasteiger partial charge in [0.2, 0.25) is 5.91 Å². The van der Waals surface area contributed by atoms with Gasteiger partial charge in [0.1, 0.15) is 5.75 Å². The van der Waals surface area contributed by atoms with Gasteiger partial charge in [-0.15, -0.1) is 12.4 Å². The van der Waals surface area contributed by atoms with Gasteiger partial charge in [-0.25, -0.2) is 0 Å². The number of rotatable bonds is 7. The van der Waals surface area contributed by atoms with E-state index in [1.54, 1.807) is 32.4 Å². The van der Waals surface area contributed by atoms with Crippen LogP contribution in [0.3, 0.4) is 0 Å². The standard InChI is InChI=1S/C13H20N2O3.ClH/c1-17-8-4-3-5-13(16)15-10-6-7-12(18-2)11(14)9-10;/h6-7,9H,3-5,8,14H2,1-2H3,(H,15,16);1H. The van der Waals surface area contributed by atoms with Crippen LogP contribution in [0.2, 0.25) is 0 Å². The summed E-state index contributed by atoms with van der Waals surface area (Å²) in [5.74, 6) is 0.587. The Hall–Kier alpha value is -1.46. The van der Waals surface area contributed by atoms with Crippen LogP contribution in [-0.2, 0) is 9.53 Å². The molecule has 3 N–H and O–H groups in total. The van der Waals surface area contributed by atoms with Crippen LogP contribution >= 0.6 is 12.4 Å². The van der Waals surface area contributed by atoms with Gasteiger partial charge in [0, 0.05) is 25.8 Å². The number of ether oxygens (including phenoxy) is 2. The monoisotopic (exact) mass is 288 g/mol. The number of nitrogens with one attached hydrogen (secondary N) is 1. The predicted octanol–water partition coefficient (Wildman–Crippen LogP) is 2.45. The molecule has 0 saturated carbocycles. The molecule has 0 aliphatic heterocycles. The Bertz CT molecular complexity index is 399. The van der Waals surface area contributed by atoms with E-state index in [0.29, 0.717) is 30.2 Å². The van der Waals surface area contributed by atoms with E-state index in [0.717, 1.165) is 12.8 Å². The molecule has 0 bridgehead atoms.